The molecule has 1 rings (SSSR count). The van der Waals surface area contributed by atoms with Crippen LogP contribution in [-0.4, -0.2) is 28.6 Å². The van der Waals surface area contributed by atoms with Gasteiger partial charge in [-0.1, -0.05) is 0 Å². The molecule has 6 heteroatoms. The maximum absolute atomic E-state index is 10.8. The molecule has 0 bridgehead atoms. The Kier molecular flexibility index (Phi) is 4.72. The van der Waals surface area contributed by atoms with Crippen LogP contribution in [0.15, 0.2) is 12.1 Å². The van der Waals surface area contributed by atoms with Crippen molar-refractivity contribution in [2.75, 3.05) is 12.5 Å². The van der Waals surface area contributed by atoms with Gasteiger partial charge in [-0.2, -0.15) is 0 Å². The van der Waals surface area contributed by atoms with Gasteiger partial charge in [0.25, 0.3) is 5.69 Å². The average molecular weight is 260 g/mol. The first kappa shape index (κ1) is 13.7. The van der Waals surface area contributed by atoms with Crippen LogP contribution in [0.3, 0.4) is 0 Å². The summed E-state index contributed by atoms with van der Waals surface area (Å²) in [4.78, 5) is 10.3. The van der Waals surface area contributed by atoms with Crippen LogP contribution < -0.4 is 4.74 Å². The molecule has 0 aliphatic carbocycles. The Morgan fingerprint density at radius 2 is 2.12 bits per heavy atom. The molecule has 1 atom stereocenters. The van der Waals surface area contributed by atoms with Gasteiger partial charge in [0.05, 0.1) is 16.9 Å². The highest BCUT2D eigenvalue weighted by Gasteiger charge is 2.15. The van der Waals surface area contributed by atoms with Gasteiger partial charge in [-0.25, -0.2) is 0 Å². The molecule has 0 radical (unpaired) electrons. The second kappa shape index (κ2) is 5.84. The second-order valence-electron chi connectivity index (χ2n) is 3.78. The van der Waals surface area contributed by atoms with Crippen molar-refractivity contribution in [3.63, 3.8) is 0 Å². The molecule has 0 aliphatic rings. The van der Waals surface area contributed by atoms with Gasteiger partial charge < -0.3 is 9.84 Å². The fraction of sp³-hybridized carbons (Fsp3) is 0.455. The lowest BCUT2D eigenvalue weighted by Crippen LogP contribution is -2.19. The van der Waals surface area contributed by atoms with Gasteiger partial charge in [-0.05, 0) is 25.5 Å². The smallest absolute Gasteiger partial charge is 0.276 e. The molecule has 94 valence electrons. The van der Waals surface area contributed by atoms with Crippen molar-refractivity contribution in [2.24, 2.45) is 0 Å². The van der Waals surface area contributed by atoms with E-state index in [0.29, 0.717) is 11.3 Å². The van der Waals surface area contributed by atoms with E-state index >= 15 is 0 Å². The largest absolute Gasteiger partial charge is 0.490 e. The molecule has 0 spiro atoms. The molecule has 0 aromatic heterocycles. The molecule has 0 saturated carbocycles. The third kappa shape index (κ3) is 3.57. The topological polar surface area (TPSA) is 72.6 Å². The summed E-state index contributed by atoms with van der Waals surface area (Å²) in [5.41, 5.74) is 1.37. The van der Waals surface area contributed by atoms with Crippen LogP contribution in [0.4, 0.5) is 5.69 Å². The molecule has 1 aromatic carbocycles. The lowest BCUT2D eigenvalue weighted by Gasteiger charge is -2.12. The summed E-state index contributed by atoms with van der Waals surface area (Å²) in [5, 5.41) is 20.0. The molecule has 0 amide bonds. The predicted octanol–water partition coefficient (Wildman–Crippen LogP) is 2.19. The molecule has 0 aliphatic heterocycles. The number of nitrogens with zero attached hydrogens (tertiary/aromatic N) is 1. The van der Waals surface area contributed by atoms with Crippen molar-refractivity contribution in [1.82, 2.24) is 0 Å². The van der Waals surface area contributed by atoms with Crippen LogP contribution in [-0.2, 0) is 0 Å². The second-order valence-corrected chi connectivity index (χ2v) is 4.09. The zero-order valence-corrected chi connectivity index (χ0v) is 10.4. The Morgan fingerprint density at radius 1 is 1.47 bits per heavy atom. The Bertz CT molecular complexity index is 422. The lowest BCUT2D eigenvalue weighted by atomic mass is 10.1. The van der Waals surface area contributed by atoms with Crippen LogP contribution in [0.1, 0.15) is 11.1 Å². The summed E-state index contributed by atoms with van der Waals surface area (Å²) in [5.74, 6) is 0.457. The molecule has 5 nitrogen and oxygen atoms in total. The first-order valence-corrected chi connectivity index (χ1v) is 5.61. The Hall–Kier alpha value is -1.33. The number of hydrogen-bond acceptors (Lipinski definition) is 4. The molecular formula is C11H14ClNO4. The van der Waals surface area contributed by atoms with E-state index in [4.69, 9.17) is 16.3 Å². The summed E-state index contributed by atoms with van der Waals surface area (Å²) in [6.07, 6.45) is -0.781. The van der Waals surface area contributed by atoms with Gasteiger partial charge in [0.15, 0.2) is 0 Å². The van der Waals surface area contributed by atoms with Crippen LogP contribution in [0, 0.1) is 24.0 Å². The van der Waals surface area contributed by atoms with E-state index in [9.17, 15) is 15.2 Å². The van der Waals surface area contributed by atoms with Gasteiger partial charge in [0.2, 0.25) is 0 Å². The van der Waals surface area contributed by atoms with Crippen molar-refractivity contribution in [1.29, 1.82) is 0 Å². The molecule has 0 saturated heterocycles. The number of hydrogen-bond donors (Lipinski definition) is 1. The Balaban J connectivity index is 2.92. The third-order valence-electron chi connectivity index (χ3n) is 2.30. The summed E-state index contributed by atoms with van der Waals surface area (Å²) >= 11 is 5.43. The van der Waals surface area contributed by atoms with Crippen LogP contribution in [0.25, 0.3) is 0 Å². The number of aryl methyl sites for hydroxylation is 2. The third-order valence-corrected chi connectivity index (χ3v) is 2.66. The number of nitro groups is 1. The molecule has 1 aromatic rings. The first-order chi connectivity index (χ1) is 7.95. The van der Waals surface area contributed by atoms with Crippen LogP contribution in [0.5, 0.6) is 5.75 Å². The number of alkyl halides is 1. The quantitative estimate of drug-likeness (QED) is 0.500. The van der Waals surface area contributed by atoms with Crippen molar-refractivity contribution >= 4 is 17.3 Å². The highest BCUT2D eigenvalue weighted by atomic mass is 35.5. The Labute approximate surface area is 104 Å². The normalized spacial score (nSPS) is 12.2. The average Bonchev–Trinajstić information content (AvgIpc) is 2.26. The van der Waals surface area contributed by atoms with Crippen molar-refractivity contribution in [3.05, 3.63) is 33.4 Å². The van der Waals surface area contributed by atoms with E-state index in [1.54, 1.807) is 19.9 Å². The number of halogens is 1. The van der Waals surface area contributed by atoms with Gasteiger partial charge in [-0.15, -0.1) is 11.6 Å². The fourth-order valence-corrected chi connectivity index (χ4v) is 1.49. The molecular weight excluding hydrogens is 246 g/mol. The molecule has 1 unspecified atom stereocenters. The molecule has 0 heterocycles. The SMILES string of the molecule is Cc1cc(C)c([N+](=O)[O-])cc1OCC(O)CCl. The van der Waals surface area contributed by atoms with E-state index in [1.807, 2.05) is 0 Å². The van der Waals surface area contributed by atoms with Crippen molar-refractivity contribution in [3.8, 4) is 5.75 Å². The maximum Gasteiger partial charge on any atom is 0.276 e. The molecule has 1 N–H and O–H groups in total. The minimum Gasteiger partial charge on any atom is -0.490 e. The van der Waals surface area contributed by atoms with Gasteiger partial charge >= 0.3 is 0 Å². The number of aliphatic hydroxyl groups excluding tert-OH is 1. The predicted molar refractivity (Wildman–Crippen MR) is 64.8 cm³/mol. The number of rotatable bonds is 5. The van der Waals surface area contributed by atoms with E-state index in [2.05, 4.69) is 0 Å². The van der Waals surface area contributed by atoms with Crippen LogP contribution in [0.2, 0.25) is 0 Å². The highest BCUT2D eigenvalue weighted by molar-refractivity contribution is 6.18. The summed E-state index contributed by atoms with van der Waals surface area (Å²) in [6.45, 7) is 3.48. The van der Waals surface area contributed by atoms with Crippen molar-refractivity contribution < 1.29 is 14.8 Å². The number of ether oxygens (including phenoxy) is 1. The maximum atomic E-state index is 10.8. The molecule has 17 heavy (non-hydrogen) atoms. The minimum atomic E-state index is -0.781. The minimum absolute atomic E-state index is 0.00552. The van der Waals surface area contributed by atoms with E-state index in [-0.39, 0.29) is 18.2 Å². The van der Waals surface area contributed by atoms with E-state index in [1.165, 1.54) is 6.07 Å². The summed E-state index contributed by atoms with van der Waals surface area (Å²) in [7, 11) is 0. The fourth-order valence-electron chi connectivity index (χ4n) is 1.40. The van der Waals surface area contributed by atoms with Crippen LogP contribution >= 0.6 is 11.6 Å². The Morgan fingerprint density at radius 3 is 2.65 bits per heavy atom. The summed E-state index contributed by atoms with van der Waals surface area (Å²) in [6, 6.07) is 3.05. The number of nitro benzene ring substituents is 1. The van der Waals surface area contributed by atoms with Gasteiger partial charge in [0.1, 0.15) is 18.5 Å². The zero-order chi connectivity index (χ0) is 13.0. The standard InChI is InChI=1S/C11H14ClNO4/c1-7-3-8(2)11(4-10(7)13(15)16)17-6-9(14)5-12/h3-4,9,14H,5-6H2,1-2H3. The van der Waals surface area contributed by atoms with Crippen molar-refractivity contribution in [2.45, 2.75) is 20.0 Å². The zero-order valence-electron chi connectivity index (χ0n) is 9.64. The number of benzene rings is 1. The van der Waals surface area contributed by atoms with Gasteiger partial charge in [-0.3, -0.25) is 10.1 Å². The number of aliphatic hydroxyl groups is 1. The monoisotopic (exact) mass is 259 g/mol. The first-order valence-electron chi connectivity index (χ1n) is 5.08. The highest BCUT2D eigenvalue weighted by Crippen LogP contribution is 2.28. The lowest BCUT2D eigenvalue weighted by molar-refractivity contribution is -0.385. The van der Waals surface area contributed by atoms with Gasteiger partial charge in [0, 0.05) is 5.56 Å². The molecule has 0 fully saturated rings. The van der Waals surface area contributed by atoms with E-state index in [0.717, 1.165) is 5.56 Å². The summed E-state index contributed by atoms with van der Waals surface area (Å²) < 4.78 is 5.30. The van der Waals surface area contributed by atoms with E-state index < -0.39 is 11.0 Å².